The van der Waals surface area contributed by atoms with Gasteiger partial charge in [0.15, 0.2) is 9.84 Å². The SMILES string of the molecule is Cc1ccc(NC(=O)CS(=O)(=O)Cc2cccc(C(=O)NC3CCCCC3)c2)cc1. The first-order valence-corrected chi connectivity index (χ1v) is 12.1. The monoisotopic (exact) mass is 428 g/mol. The van der Waals surface area contributed by atoms with Crippen LogP contribution in [0.15, 0.2) is 48.5 Å². The molecule has 0 spiro atoms. The third-order valence-electron chi connectivity index (χ3n) is 5.20. The highest BCUT2D eigenvalue weighted by Gasteiger charge is 2.20. The van der Waals surface area contributed by atoms with Crippen LogP contribution in [0.4, 0.5) is 5.69 Å². The molecule has 0 aromatic heterocycles. The molecule has 2 N–H and O–H groups in total. The maximum absolute atomic E-state index is 12.5. The molecule has 7 heteroatoms. The molecule has 1 aliphatic rings. The van der Waals surface area contributed by atoms with Crippen LogP contribution in [0.25, 0.3) is 0 Å². The number of carbonyl (C=O) groups is 2. The zero-order chi connectivity index (χ0) is 21.6. The molecule has 6 nitrogen and oxygen atoms in total. The lowest BCUT2D eigenvalue weighted by atomic mass is 9.95. The Morgan fingerprint density at radius 1 is 1.00 bits per heavy atom. The molecule has 0 saturated heterocycles. The molecule has 0 radical (unpaired) electrons. The topological polar surface area (TPSA) is 92.3 Å². The van der Waals surface area contributed by atoms with Crippen molar-refractivity contribution in [3.63, 3.8) is 0 Å². The van der Waals surface area contributed by atoms with Crippen LogP contribution in [0, 0.1) is 6.92 Å². The fourth-order valence-electron chi connectivity index (χ4n) is 3.66. The van der Waals surface area contributed by atoms with E-state index in [2.05, 4.69) is 10.6 Å². The molecule has 1 saturated carbocycles. The van der Waals surface area contributed by atoms with E-state index in [0.717, 1.165) is 31.2 Å². The zero-order valence-corrected chi connectivity index (χ0v) is 18.0. The van der Waals surface area contributed by atoms with Crippen molar-refractivity contribution in [2.75, 3.05) is 11.1 Å². The summed E-state index contributed by atoms with van der Waals surface area (Å²) in [5.41, 5.74) is 2.54. The molecule has 3 rings (SSSR count). The summed E-state index contributed by atoms with van der Waals surface area (Å²) in [6.07, 6.45) is 5.41. The first-order valence-electron chi connectivity index (χ1n) is 10.3. The molecular weight excluding hydrogens is 400 g/mol. The number of aryl methyl sites for hydroxylation is 1. The Morgan fingerprint density at radius 2 is 1.70 bits per heavy atom. The number of nitrogens with one attached hydrogen (secondary N) is 2. The van der Waals surface area contributed by atoms with Gasteiger partial charge < -0.3 is 10.6 Å². The van der Waals surface area contributed by atoms with Crippen molar-refractivity contribution in [1.82, 2.24) is 5.32 Å². The Kier molecular flexibility index (Phi) is 7.26. The minimum Gasteiger partial charge on any atom is -0.349 e. The quantitative estimate of drug-likeness (QED) is 0.705. The van der Waals surface area contributed by atoms with Crippen molar-refractivity contribution in [1.29, 1.82) is 0 Å². The number of rotatable bonds is 7. The summed E-state index contributed by atoms with van der Waals surface area (Å²) in [6, 6.07) is 13.9. The highest BCUT2D eigenvalue weighted by molar-refractivity contribution is 7.91. The molecule has 1 fully saturated rings. The fourth-order valence-corrected chi connectivity index (χ4v) is 4.92. The van der Waals surface area contributed by atoms with Crippen LogP contribution >= 0.6 is 0 Å². The Hall–Kier alpha value is -2.67. The lowest BCUT2D eigenvalue weighted by Gasteiger charge is -2.22. The lowest BCUT2D eigenvalue weighted by Crippen LogP contribution is -2.36. The van der Waals surface area contributed by atoms with E-state index >= 15 is 0 Å². The molecule has 160 valence electrons. The number of hydrogen-bond acceptors (Lipinski definition) is 4. The van der Waals surface area contributed by atoms with Crippen LogP contribution < -0.4 is 10.6 Å². The van der Waals surface area contributed by atoms with Gasteiger partial charge in [-0.1, -0.05) is 49.1 Å². The summed E-state index contributed by atoms with van der Waals surface area (Å²) in [4.78, 5) is 24.7. The fraction of sp³-hybridized carbons (Fsp3) is 0.391. The molecule has 0 bridgehead atoms. The van der Waals surface area contributed by atoms with Gasteiger partial charge in [-0.25, -0.2) is 8.42 Å². The molecular formula is C23H28N2O4S. The highest BCUT2D eigenvalue weighted by Crippen LogP contribution is 2.18. The number of carbonyl (C=O) groups excluding carboxylic acids is 2. The molecule has 0 atom stereocenters. The third kappa shape index (κ3) is 6.69. The molecule has 0 unspecified atom stereocenters. The Bertz CT molecular complexity index is 994. The number of benzene rings is 2. The van der Waals surface area contributed by atoms with Crippen molar-refractivity contribution >= 4 is 27.3 Å². The van der Waals surface area contributed by atoms with Crippen molar-refractivity contribution < 1.29 is 18.0 Å². The Morgan fingerprint density at radius 3 is 2.40 bits per heavy atom. The van der Waals surface area contributed by atoms with Crippen LogP contribution in [0.1, 0.15) is 53.6 Å². The summed E-state index contributed by atoms with van der Waals surface area (Å²) < 4.78 is 25.0. The second kappa shape index (κ2) is 9.89. The van der Waals surface area contributed by atoms with Gasteiger partial charge in [-0.2, -0.15) is 0 Å². The standard InChI is InChI=1S/C23H28N2O4S/c1-17-10-12-21(13-11-17)24-22(26)16-30(28,29)15-18-6-5-7-19(14-18)23(27)25-20-8-3-2-4-9-20/h5-7,10-14,20H,2-4,8-9,15-16H2,1H3,(H,24,26)(H,25,27). The minimum absolute atomic E-state index is 0.182. The molecule has 30 heavy (non-hydrogen) atoms. The minimum atomic E-state index is -3.68. The summed E-state index contributed by atoms with van der Waals surface area (Å²) in [7, 11) is -3.68. The Balaban J connectivity index is 1.58. The normalized spacial score (nSPS) is 14.8. The van der Waals surface area contributed by atoms with Gasteiger partial charge >= 0.3 is 0 Å². The second-order valence-electron chi connectivity index (χ2n) is 7.96. The zero-order valence-electron chi connectivity index (χ0n) is 17.2. The summed E-state index contributed by atoms with van der Waals surface area (Å²) in [6.45, 7) is 1.93. The molecule has 2 aromatic carbocycles. The number of amides is 2. The highest BCUT2D eigenvalue weighted by atomic mass is 32.2. The largest absolute Gasteiger partial charge is 0.349 e. The van der Waals surface area contributed by atoms with Crippen molar-refractivity contribution in [3.8, 4) is 0 Å². The van der Waals surface area contributed by atoms with Gasteiger partial charge in [-0.3, -0.25) is 9.59 Å². The second-order valence-corrected chi connectivity index (χ2v) is 10.0. The van der Waals surface area contributed by atoms with Crippen LogP contribution in [0.3, 0.4) is 0 Å². The van der Waals surface area contributed by atoms with E-state index in [-0.39, 0.29) is 17.7 Å². The maximum atomic E-state index is 12.5. The van der Waals surface area contributed by atoms with Gasteiger partial charge in [-0.05, 0) is 49.6 Å². The van der Waals surface area contributed by atoms with Crippen molar-refractivity contribution in [2.24, 2.45) is 0 Å². The molecule has 2 aromatic rings. The predicted molar refractivity (Wildman–Crippen MR) is 118 cm³/mol. The smallest absolute Gasteiger partial charge is 0.251 e. The van der Waals surface area contributed by atoms with Crippen LogP contribution in [-0.4, -0.2) is 32.0 Å². The van der Waals surface area contributed by atoms with Crippen LogP contribution in [0.2, 0.25) is 0 Å². The molecule has 0 aliphatic heterocycles. The van der Waals surface area contributed by atoms with E-state index in [4.69, 9.17) is 0 Å². The number of sulfone groups is 1. The van der Waals surface area contributed by atoms with Gasteiger partial charge in [-0.15, -0.1) is 0 Å². The molecule has 2 amide bonds. The van der Waals surface area contributed by atoms with Gasteiger partial charge in [0.1, 0.15) is 5.75 Å². The third-order valence-corrected chi connectivity index (χ3v) is 6.68. The van der Waals surface area contributed by atoms with Gasteiger partial charge in [0, 0.05) is 17.3 Å². The number of hydrogen-bond donors (Lipinski definition) is 2. The van der Waals surface area contributed by atoms with E-state index in [0.29, 0.717) is 16.8 Å². The summed E-state index contributed by atoms with van der Waals surface area (Å²) in [5, 5.41) is 5.64. The first kappa shape index (κ1) is 22.0. The van der Waals surface area contributed by atoms with Crippen molar-refractivity contribution in [3.05, 3.63) is 65.2 Å². The van der Waals surface area contributed by atoms with Crippen LogP contribution in [-0.2, 0) is 20.4 Å². The van der Waals surface area contributed by atoms with E-state index < -0.39 is 21.5 Å². The first-order chi connectivity index (χ1) is 14.3. The predicted octanol–water partition coefficient (Wildman–Crippen LogP) is 3.61. The van der Waals surface area contributed by atoms with Gasteiger partial charge in [0.25, 0.3) is 5.91 Å². The lowest BCUT2D eigenvalue weighted by molar-refractivity contribution is -0.113. The van der Waals surface area contributed by atoms with Crippen molar-refractivity contribution in [2.45, 2.75) is 50.8 Å². The Labute approximate surface area is 178 Å². The molecule has 0 heterocycles. The van der Waals surface area contributed by atoms with Gasteiger partial charge in [0.2, 0.25) is 5.91 Å². The van der Waals surface area contributed by atoms with E-state index in [1.807, 2.05) is 19.1 Å². The maximum Gasteiger partial charge on any atom is 0.251 e. The van der Waals surface area contributed by atoms with E-state index in [1.54, 1.807) is 36.4 Å². The molecule has 1 aliphatic carbocycles. The average Bonchev–Trinajstić information content (AvgIpc) is 2.70. The van der Waals surface area contributed by atoms with E-state index in [1.165, 1.54) is 6.42 Å². The summed E-state index contributed by atoms with van der Waals surface area (Å²) in [5.74, 6) is -1.67. The summed E-state index contributed by atoms with van der Waals surface area (Å²) >= 11 is 0. The van der Waals surface area contributed by atoms with Crippen LogP contribution in [0.5, 0.6) is 0 Å². The number of anilines is 1. The average molecular weight is 429 g/mol. The van der Waals surface area contributed by atoms with Gasteiger partial charge in [0.05, 0.1) is 5.75 Å². The van der Waals surface area contributed by atoms with E-state index in [9.17, 15) is 18.0 Å².